The molecule has 0 bridgehead atoms. The smallest absolute Gasteiger partial charge is 0.179 e. The second kappa shape index (κ2) is 5.69. The first-order chi connectivity index (χ1) is 7.95. The number of nitrogens with zero attached hydrogens (tertiary/aromatic N) is 1. The van der Waals surface area contributed by atoms with E-state index in [2.05, 4.69) is 0 Å². The van der Waals surface area contributed by atoms with Gasteiger partial charge in [0.2, 0.25) is 0 Å². The molecule has 1 aromatic carbocycles. The van der Waals surface area contributed by atoms with Crippen LogP contribution in [0.25, 0.3) is 0 Å². The van der Waals surface area contributed by atoms with Crippen LogP contribution in [-0.2, 0) is 9.84 Å². The van der Waals surface area contributed by atoms with Crippen LogP contribution in [-0.4, -0.2) is 20.3 Å². The highest BCUT2D eigenvalue weighted by Gasteiger charge is 2.13. The Bertz CT molecular complexity index is 498. The fourth-order valence-electron chi connectivity index (χ4n) is 1.30. The molecule has 0 aliphatic rings. The van der Waals surface area contributed by atoms with E-state index in [1.807, 2.05) is 19.9 Å². The first-order valence-corrected chi connectivity index (χ1v) is 6.97. The predicted octanol–water partition coefficient (Wildman–Crippen LogP) is 2.16. The third-order valence-electron chi connectivity index (χ3n) is 2.04. The van der Waals surface area contributed by atoms with Crippen molar-refractivity contribution in [2.24, 2.45) is 0 Å². The molecule has 0 aromatic heterocycles. The quantitative estimate of drug-likeness (QED) is 0.806. The van der Waals surface area contributed by atoms with Crippen molar-refractivity contribution in [3.63, 3.8) is 0 Å². The normalized spacial score (nSPS) is 11.2. The van der Waals surface area contributed by atoms with Crippen LogP contribution in [0.3, 0.4) is 0 Å². The molecule has 0 fully saturated rings. The van der Waals surface area contributed by atoms with E-state index in [0.29, 0.717) is 5.75 Å². The predicted molar refractivity (Wildman–Crippen MR) is 64.5 cm³/mol. The van der Waals surface area contributed by atoms with Crippen molar-refractivity contribution in [2.45, 2.75) is 31.3 Å². The molecular formula is C12H15NO3S. The molecule has 0 atom stereocenters. The summed E-state index contributed by atoms with van der Waals surface area (Å²) in [5, 5.41) is 8.39. The number of nitriles is 1. The third kappa shape index (κ3) is 4.08. The van der Waals surface area contributed by atoms with Crippen LogP contribution in [0.15, 0.2) is 29.2 Å². The number of sulfone groups is 1. The maximum atomic E-state index is 11.7. The van der Waals surface area contributed by atoms with Gasteiger partial charge in [-0.1, -0.05) is 0 Å². The van der Waals surface area contributed by atoms with Crippen LogP contribution in [0.4, 0.5) is 0 Å². The summed E-state index contributed by atoms with van der Waals surface area (Å²) in [6.45, 7) is 3.80. The van der Waals surface area contributed by atoms with E-state index in [9.17, 15) is 8.42 Å². The number of rotatable bonds is 5. The van der Waals surface area contributed by atoms with Crippen LogP contribution in [0.5, 0.6) is 5.75 Å². The topological polar surface area (TPSA) is 67.2 Å². The summed E-state index contributed by atoms with van der Waals surface area (Å²) < 4.78 is 28.9. The van der Waals surface area contributed by atoms with Crippen molar-refractivity contribution < 1.29 is 13.2 Å². The van der Waals surface area contributed by atoms with E-state index in [0.717, 1.165) is 0 Å². The van der Waals surface area contributed by atoms with E-state index in [1.54, 1.807) is 12.1 Å². The Hall–Kier alpha value is -1.54. The Labute approximate surface area is 102 Å². The lowest BCUT2D eigenvalue weighted by Gasteiger charge is -2.10. The molecule has 0 radical (unpaired) electrons. The van der Waals surface area contributed by atoms with E-state index in [4.69, 9.17) is 10.00 Å². The van der Waals surface area contributed by atoms with Crippen molar-refractivity contribution in [1.82, 2.24) is 0 Å². The van der Waals surface area contributed by atoms with Gasteiger partial charge in [0.15, 0.2) is 9.84 Å². The minimum absolute atomic E-state index is 0.00653. The Morgan fingerprint density at radius 3 is 2.35 bits per heavy atom. The molecule has 17 heavy (non-hydrogen) atoms. The van der Waals surface area contributed by atoms with Gasteiger partial charge < -0.3 is 4.74 Å². The summed E-state index contributed by atoms with van der Waals surface area (Å²) in [4.78, 5) is 0.226. The van der Waals surface area contributed by atoms with Crippen molar-refractivity contribution in [1.29, 1.82) is 5.26 Å². The van der Waals surface area contributed by atoms with Crippen LogP contribution in [0.1, 0.15) is 20.3 Å². The largest absolute Gasteiger partial charge is 0.491 e. The lowest BCUT2D eigenvalue weighted by Crippen LogP contribution is -2.07. The van der Waals surface area contributed by atoms with Crippen LogP contribution < -0.4 is 4.74 Å². The van der Waals surface area contributed by atoms with Gasteiger partial charge in [-0.15, -0.1) is 0 Å². The van der Waals surface area contributed by atoms with Gasteiger partial charge in [-0.05, 0) is 38.1 Å². The average Bonchev–Trinajstić information content (AvgIpc) is 2.26. The molecule has 92 valence electrons. The highest BCUT2D eigenvalue weighted by atomic mass is 32.2. The maximum absolute atomic E-state index is 11.7. The summed E-state index contributed by atoms with van der Waals surface area (Å²) in [6.07, 6.45) is 0.0584. The number of benzene rings is 1. The lowest BCUT2D eigenvalue weighted by atomic mass is 10.3. The molecule has 5 heteroatoms. The van der Waals surface area contributed by atoms with Gasteiger partial charge in [-0.25, -0.2) is 8.42 Å². The molecular weight excluding hydrogens is 238 g/mol. The van der Waals surface area contributed by atoms with Crippen molar-refractivity contribution in [2.75, 3.05) is 5.75 Å². The van der Waals surface area contributed by atoms with E-state index < -0.39 is 9.84 Å². The average molecular weight is 253 g/mol. The number of hydrogen-bond donors (Lipinski definition) is 0. The minimum Gasteiger partial charge on any atom is -0.491 e. The third-order valence-corrected chi connectivity index (χ3v) is 3.77. The molecule has 0 aliphatic carbocycles. The first-order valence-electron chi connectivity index (χ1n) is 5.32. The molecule has 1 aromatic rings. The molecule has 0 aliphatic heterocycles. The minimum atomic E-state index is -3.35. The van der Waals surface area contributed by atoms with Crippen molar-refractivity contribution in [3.8, 4) is 11.8 Å². The molecule has 4 nitrogen and oxygen atoms in total. The van der Waals surface area contributed by atoms with Gasteiger partial charge >= 0.3 is 0 Å². The zero-order chi connectivity index (χ0) is 12.9. The zero-order valence-electron chi connectivity index (χ0n) is 9.88. The molecule has 0 N–H and O–H groups in total. The van der Waals surface area contributed by atoms with E-state index >= 15 is 0 Å². The summed E-state index contributed by atoms with van der Waals surface area (Å²) in [5.74, 6) is 0.493. The van der Waals surface area contributed by atoms with E-state index in [-0.39, 0.29) is 23.2 Å². The molecule has 0 heterocycles. The summed E-state index contributed by atoms with van der Waals surface area (Å²) >= 11 is 0. The highest BCUT2D eigenvalue weighted by molar-refractivity contribution is 7.91. The standard InChI is InChI=1S/C12H15NO3S/c1-10(2)16-11-4-6-12(7-5-11)17(14,15)9-3-8-13/h4-7,10H,3,9H2,1-2H3. The summed E-state index contributed by atoms with van der Waals surface area (Å²) in [5.41, 5.74) is 0. The molecule has 0 amide bonds. The van der Waals surface area contributed by atoms with Gasteiger partial charge in [0, 0.05) is 6.42 Å². The van der Waals surface area contributed by atoms with Crippen molar-refractivity contribution >= 4 is 9.84 Å². The molecule has 1 rings (SSSR count). The molecule has 0 saturated heterocycles. The van der Waals surface area contributed by atoms with Gasteiger partial charge in [0.1, 0.15) is 5.75 Å². The van der Waals surface area contributed by atoms with E-state index in [1.165, 1.54) is 12.1 Å². The van der Waals surface area contributed by atoms with Crippen LogP contribution >= 0.6 is 0 Å². The van der Waals surface area contributed by atoms with Gasteiger partial charge in [-0.3, -0.25) is 0 Å². The zero-order valence-corrected chi connectivity index (χ0v) is 10.7. The highest BCUT2D eigenvalue weighted by Crippen LogP contribution is 2.18. The fourth-order valence-corrected chi connectivity index (χ4v) is 2.44. The van der Waals surface area contributed by atoms with Crippen LogP contribution in [0.2, 0.25) is 0 Å². The molecule has 0 saturated carbocycles. The van der Waals surface area contributed by atoms with Gasteiger partial charge in [-0.2, -0.15) is 5.26 Å². The number of ether oxygens (including phenoxy) is 1. The monoisotopic (exact) mass is 253 g/mol. The Morgan fingerprint density at radius 2 is 1.88 bits per heavy atom. The fraction of sp³-hybridized carbons (Fsp3) is 0.417. The Kier molecular flexibility index (Phi) is 4.53. The molecule has 0 unspecified atom stereocenters. The molecule has 0 spiro atoms. The second-order valence-electron chi connectivity index (χ2n) is 3.86. The van der Waals surface area contributed by atoms with Crippen LogP contribution in [0, 0.1) is 11.3 Å². The lowest BCUT2D eigenvalue weighted by molar-refractivity contribution is 0.242. The SMILES string of the molecule is CC(C)Oc1ccc(S(=O)(=O)CCC#N)cc1. The summed E-state index contributed by atoms with van der Waals surface area (Å²) in [6, 6.07) is 8.08. The number of hydrogen-bond acceptors (Lipinski definition) is 4. The maximum Gasteiger partial charge on any atom is 0.179 e. The first kappa shape index (κ1) is 13.5. The second-order valence-corrected chi connectivity index (χ2v) is 5.97. The Morgan fingerprint density at radius 1 is 1.29 bits per heavy atom. The van der Waals surface area contributed by atoms with Gasteiger partial charge in [0.05, 0.1) is 22.8 Å². The van der Waals surface area contributed by atoms with Crippen molar-refractivity contribution in [3.05, 3.63) is 24.3 Å². The van der Waals surface area contributed by atoms with Gasteiger partial charge in [0.25, 0.3) is 0 Å². The summed E-state index contributed by atoms with van der Waals surface area (Å²) in [7, 11) is -3.35. The Balaban J connectivity index is 2.84.